The number of para-hydroxylation sites is 1. The minimum Gasteiger partial charge on any atom is -0.480 e. The number of aromatic amines is 1. The SMILES string of the molecule is C[C@H](NC(=O)[C@@H](N)Cc1c[nH]c2ccccc12)C(=O)N[C@@H](CO)C(=O)N1CCC[C@H]1C(=O)O. The molecule has 0 saturated carbocycles. The Morgan fingerprint density at radius 3 is 2.64 bits per heavy atom. The standard InChI is InChI=1S/C22H29N5O6/c1-12(19(29)26-17(11-28)21(31)27-8-4-7-18(27)22(32)33)25-20(30)15(23)9-13-10-24-16-6-3-2-5-14(13)16/h2-3,5-6,10,12,15,17-18,24,28H,4,7-9,11,23H2,1H3,(H,25,30)(H,26,29)(H,32,33)/t12-,15-,17-,18-/m0/s1. The van der Waals surface area contributed by atoms with Gasteiger partial charge in [0.2, 0.25) is 17.7 Å². The van der Waals surface area contributed by atoms with Gasteiger partial charge in [-0.15, -0.1) is 0 Å². The van der Waals surface area contributed by atoms with Crippen LogP contribution < -0.4 is 16.4 Å². The highest BCUT2D eigenvalue weighted by Crippen LogP contribution is 2.19. The number of carboxylic acid groups (broad SMARTS) is 1. The van der Waals surface area contributed by atoms with E-state index in [1.54, 1.807) is 6.20 Å². The van der Waals surface area contributed by atoms with Crippen LogP contribution in [0.4, 0.5) is 0 Å². The van der Waals surface area contributed by atoms with E-state index in [0.717, 1.165) is 21.4 Å². The molecule has 0 radical (unpaired) electrons. The first-order valence-corrected chi connectivity index (χ1v) is 10.8. The predicted octanol–water partition coefficient (Wildman–Crippen LogP) is -0.905. The van der Waals surface area contributed by atoms with Gasteiger partial charge >= 0.3 is 5.97 Å². The number of likely N-dealkylation sites (tertiary alicyclic amines) is 1. The van der Waals surface area contributed by atoms with Crippen LogP contribution in [0.15, 0.2) is 30.5 Å². The molecule has 0 spiro atoms. The van der Waals surface area contributed by atoms with Gasteiger partial charge in [-0.1, -0.05) is 18.2 Å². The number of nitrogens with two attached hydrogens (primary N) is 1. The molecule has 33 heavy (non-hydrogen) atoms. The van der Waals surface area contributed by atoms with Crippen molar-refractivity contribution in [2.45, 2.75) is 50.4 Å². The number of amides is 3. The van der Waals surface area contributed by atoms with Crippen LogP contribution in [-0.2, 0) is 25.6 Å². The lowest BCUT2D eigenvalue weighted by Gasteiger charge is -2.27. The van der Waals surface area contributed by atoms with Gasteiger partial charge in [-0.3, -0.25) is 14.4 Å². The maximum atomic E-state index is 12.6. The third-order valence-corrected chi connectivity index (χ3v) is 5.82. The number of hydrogen-bond acceptors (Lipinski definition) is 6. The summed E-state index contributed by atoms with van der Waals surface area (Å²) in [5.74, 6) is -3.04. The highest BCUT2D eigenvalue weighted by molar-refractivity contribution is 5.94. The lowest BCUT2D eigenvalue weighted by atomic mass is 10.0. The number of carbonyl (C=O) groups excluding carboxylic acids is 3. The summed E-state index contributed by atoms with van der Waals surface area (Å²) in [4.78, 5) is 53.3. The summed E-state index contributed by atoms with van der Waals surface area (Å²) in [6.07, 6.45) is 2.88. The lowest BCUT2D eigenvalue weighted by molar-refractivity contribution is -0.150. The molecule has 0 aliphatic carbocycles. The minimum atomic E-state index is -1.31. The molecule has 3 amide bonds. The Balaban J connectivity index is 1.55. The molecular formula is C22H29N5O6. The second kappa shape index (κ2) is 10.5. The molecule has 1 aromatic heterocycles. The highest BCUT2D eigenvalue weighted by Gasteiger charge is 2.37. The van der Waals surface area contributed by atoms with Gasteiger partial charge in [-0.2, -0.15) is 0 Å². The summed E-state index contributed by atoms with van der Waals surface area (Å²) < 4.78 is 0. The van der Waals surface area contributed by atoms with Gasteiger partial charge in [0.15, 0.2) is 0 Å². The number of aliphatic hydroxyl groups is 1. The van der Waals surface area contributed by atoms with Crippen LogP contribution >= 0.6 is 0 Å². The minimum absolute atomic E-state index is 0.233. The number of nitrogens with zero attached hydrogens (tertiary/aromatic N) is 1. The Morgan fingerprint density at radius 1 is 1.21 bits per heavy atom. The zero-order valence-electron chi connectivity index (χ0n) is 18.3. The summed E-state index contributed by atoms with van der Waals surface area (Å²) in [6, 6.07) is 3.39. The molecule has 7 N–H and O–H groups in total. The van der Waals surface area contributed by atoms with Crippen molar-refractivity contribution in [1.29, 1.82) is 0 Å². The average Bonchev–Trinajstić information content (AvgIpc) is 3.44. The Labute approximate surface area is 190 Å². The van der Waals surface area contributed by atoms with Crippen molar-refractivity contribution in [3.8, 4) is 0 Å². The fourth-order valence-corrected chi connectivity index (χ4v) is 3.99. The molecule has 2 heterocycles. The number of fused-ring (bicyclic) bond motifs is 1. The first kappa shape index (κ1) is 24.2. The second-order valence-corrected chi connectivity index (χ2v) is 8.17. The maximum Gasteiger partial charge on any atom is 0.326 e. The molecular weight excluding hydrogens is 430 g/mol. The van der Waals surface area contributed by atoms with E-state index >= 15 is 0 Å². The molecule has 0 unspecified atom stereocenters. The van der Waals surface area contributed by atoms with Crippen LogP contribution in [0.2, 0.25) is 0 Å². The topological polar surface area (TPSA) is 178 Å². The van der Waals surface area contributed by atoms with Gasteiger partial charge in [-0.05, 0) is 37.8 Å². The van der Waals surface area contributed by atoms with E-state index in [-0.39, 0.29) is 13.0 Å². The van der Waals surface area contributed by atoms with E-state index in [1.165, 1.54) is 6.92 Å². The van der Waals surface area contributed by atoms with Crippen LogP contribution in [0.25, 0.3) is 10.9 Å². The van der Waals surface area contributed by atoms with Crippen molar-refractivity contribution in [3.63, 3.8) is 0 Å². The molecule has 11 heteroatoms. The number of benzene rings is 1. The first-order valence-electron chi connectivity index (χ1n) is 10.8. The van der Waals surface area contributed by atoms with Gasteiger partial charge in [0.25, 0.3) is 0 Å². The molecule has 4 atom stereocenters. The van der Waals surface area contributed by atoms with Gasteiger partial charge in [-0.25, -0.2) is 4.79 Å². The van der Waals surface area contributed by atoms with Gasteiger partial charge < -0.3 is 36.5 Å². The van der Waals surface area contributed by atoms with E-state index < -0.39 is 54.5 Å². The molecule has 1 aliphatic rings. The quantitative estimate of drug-likeness (QED) is 0.281. The van der Waals surface area contributed by atoms with Crippen molar-refractivity contribution in [1.82, 2.24) is 20.5 Å². The Kier molecular flexibility index (Phi) is 7.67. The number of aliphatic carboxylic acids is 1. The van der Waals surface area contributed by atoms with Crippen molar-refractivity contribution in [3.05, 3.63) is 36.0 Å². The number of carbonyl (C=O) groups is 4. The number of carboxylic acids is 1. The summed E-state index contributed by atoms with van der Waals surface area (Å²) in [5, 5.41) is 24.7. The van der Waals surface area contributed by atoms with Crippen molar-refractivity contribution in [2.24, 2.45) is 5.73 Å². The number of aromatic nitrogens is 1. The normalized spacial score (nSPS) is 18.5. The molecule has 0 bridgehead atoms. The summed E-state index contributed by atoms with van der Waals surface area (Å²) in [5.41, 5.74) is 7.83. The first-order chi connectivity index (χ1) is 15.7. The molecule has 1 saturated heterocycles. The van der Waals surface area contributed by atoms with Crippen LogP contribution in [0.3, 0.4) is 0 Å². The van der Waals surface area contributed by atoms with Crippen molar-refractivity contribution >= 4 is 34.6 Å². The average molecular weight is 460 g/mol. The number of H-pyrrole nitrogens is 1. The van der Waals surface area contributed by atoms with E-state index in [1.807, 2.05) is 24.3 Å². The number of nitrogens with one attached hydrogen (secondary N) is 3. The number of rotatable bonds is 9. The smallest absolute Gasteiger partial charge is 0.326 e. The van der Waals surface area contributed by atoms with E-state index in [0.29, 0.717) is 12.8 Å². The summed E-state index contributed by atoms with van der Waals surface area (Å²) in [6.45, 7) is 0.964. The molecule has 11 nitrogen and oxygen atoms in total. The molecule has 1 aromatic carbocycles. The Bertz CT molecular complexity index is 1040. The highest BCUT2D eigenvalue weighted by atomic mass is 16.4. The fraction of sp³-hybridized carbons (Fsp3) is 0.455. The van der Waals surface area contributed by atoms with Gasteiger partial charge in [0.05, 0.1) is 12.6 Å². The van der Waals surface area contributed by atoms with Crippen LogP contribution in [-0.4, -0.2) is 81.1 Å². The van der Waals surface area contributed by atoms with Crippen molar-refractivity contribution < 1.29 is 29.4 Å². The van der Waals surface area contributed by atoms with E-state index in [9.17, 15) is 29.4 Å². The maximum absolute atomic E-state index is 12.6. The zero-order valence-corrected chi connectivity index (χ0v) is 18.3. The molecule has 178 valence electrons. The molecule has 1 aliphatic heterocycles. The van der Waals surface area contributed by atoms with Gasteiger partial charge in [0.1, 0.15) is 18.1 Å². The monoisotopic (exact) mass is 459 g/mol. The van der Waals surface area contributed by atoms with Crippen LogP contribution in [0.5, 0.6) is 0 Å². The number of aliphatic hydroxyl groups excluding tert-OH is 1. The third-order valence-electron chi connectivity index (χ3n) is 5.82. The Morgan fingerprint density at radius 2 is 1.94 bits per heavy atom. The lowest BCUT2D eigenvalue weighted by Crippen LogP contribution is -2.57. The van der Waals surface area contributed by atoms with Crippen LogP contribution in [0.1, 0.15) is 25.3 Å². The Hall–Kier alpha value is -3.44. The third kappa shape index (κ3) is 5.49. The molecule has 2 aromatic rings. The number of hydrogen-bond donors (Lipinski definition) is 6. The summed E-state index contributed by atoms with van der Waals surface area (Å²) >= 11 is 0. The largest absolute Gasteiger partial charge is 0.480 e. The zero-order chi connectivity index (χ0) is 24.1. The second-order valence-electron chi connectivity index (χ2n) is 8.17. The van der Waals surface area contributed by atoms with E-state index in [2.05, 4.69) is 15.6 Å². The van der Waals surface area contributed by atoms with Crippen LogP contribution in [0, 0.1) is 0 Å². The molecule has 3 rings (SSSR count). The van der Waals surface area contributed by atoms with E-state index in [4.69, 9.17) is 5.73 Å². The molecule has 1 fully saturated rings. The van der Waals surface area contributed by atoms with Crippen molar-refractivity contribution in [2.75, 3.05) is 13.2 Å². The predicted molar refractivity (Wildman–Crippen MR) is 119 cm³/mol. The van der Waals surface area contributed by atoms with Gasteiger partial charge in [0, 0.05) is 23.6 Å². The fourth-order valence-electron chi connectivity index (χ4n) is 3.99. The summed E-state index contributed by atoms with van der Waals surface area (Å²) in [7, 11) is 0.